The molecule has 2 fully saturated rings. The van der Waals surface area contributed by atoms with E-state index in [9.17, 15) is 13.2 Å². The van der Waals surface area contributed by atoms with Crippen molar-refractivity contribution in [3.63, 3.8) is 0 Å². The average Bonchev–Trinajstić information content (AvgIpc) is 3.06. The molecule has 0 N–H and O–H groups in total. The lowest BCUT2D eigenvalue weighted by atomic mass is 9.84. The van der Waals surface area contributed by atoms with Gasteiger partial charge in [-0.3, -0.25) is 4.79 Å². The second-order valence-electron chi connectivity index (χ2n) is 7.94. The number of ether oxygens (including phenoxy) is 1. The Morgan fingerprint density at radius 3 is 2.62 bits per heavy atom. The zero-order valence-corrected chi connectivity index (χ0v) is 16.8. The van der Waals surface area contributed by atoms with Gasteiger partial charge < -0.3 is 9.64 Å². The third-order valence-electron chi connectivity index (χ3n) is 6.14. The van der Waals surface area contributed by atoms with Gasteiger partial charge in [-0.2, -0.15) is 4.31 Å². The van der Waals surface area contributed by atoms with E-state index in [-0.39, 0.29) is 29.1 Å². The van der Waals surface area contributed by atoms with Crippen LogP contribution < -0.4 is 4.74 Å². The summed E-state index contributed by atoms with van der Waals surface area (Å²) in [5.41, 5.74) is 0.894. The Balaban J connectivity index is 1.53. The molecule has 152 valence electrons. The Bertz CT molecular complexity index is 1020. The molecule has 1 aromatic heterocycles. The number of aromatic nitrogens is 1. The van der Waals surface area contributed by atoms with Crippen molar-refractivity contribution in [3.05, 3.63) is 54.2 Å². The Morgan fingerprint density at radius 2 is 1.90 bits per heavy atom. The number of hydrogen-bond donors (Lipinski definition) is 0. The zero-order chi connectivity index (χ0) is 20.0. The summed E-state index contributed by atoms with van der Waals surface area (Å²) in [6.07, 6.45) is 4.01. The van der Waals surface area contributed by atoms with Gasteiger partial charge in [-0.1, -0.05) is 36.8 Å². The smallest absolute Gasteiger partial charge is 0.249 e. The van der Waals surface area contributed by atoms with E-state index in [2.05, 4.69) is 4.98 Å². The van der Waals surface area contributed by atoms with Crippen LogP contribution in [0.2, 0.25) is 0 Å². The van der Waals surface area contributed by atoms with E-state index >= 15 is 0 Å². The third kappa shape index (κ3) is 3.20. The fourth-order valence-corrected chi connectivity index (χ4v) is 6.02. The number of benzene rings is 1. The lowest BCUT2D eigenvalue weighted by molar-refractivity contribution is -0.137. The van der Waals surface area contributed by atoms with Gasteiger partial charge in [0.15, 0.2) is 0 Å². The lowest BCUT2D eigenvalue weighted by Crippen LogP contribution is -2.46. The second kappa shape index (κ2) is 7.11. The number of carbonyl (C=O) groups is 1. The summed E-state index contributed by atoms with van der Waals surface area (Å²) in [4.78, 5) is 18.9. The number of pyridine rings is 1. The number of rotatable bonds is 3. The van der Waals surface area contributed by atoms with Gasteiger partial charge in [-0.25, -0.2) is 13.4 Å². The van der Waals surface area contributed by atoms with Crippen LogP contribution in [0.3, 0.4) is 0 Å². The van der Waals surface area contributed by atoms with Gasteiger partial charge in [0, 0.05) is 25.2 Å². The number of sulfonamides is 1. The van der Waals surface area contributed by atoms with Crippen molar-refractivity contribution in [1.82, 2.24) is 14.2 Å². The highest BCUT2D eigenvalue weighted by atomic mass is 32.2. The van der Waals surface area contributed by atoms with Gasteiger partial charge in [0.25, 0.3) is 0 Å². The van der Waals surface area contributed by atoms with Gasteiger partial charge in [0.05, 0.1) is 12.6 Å². The van der Waals surface area contributed by atoms with Crippen LogP contribution in [-0.4, -0.2) is 53.7 Å². The molecule has 0 spiro atoms. The summed E-state index contributed by atoms with van der Waals surface area (Å²) in [6, 6.07) is 12.2. The molecule has 2 aliphatic heterocycles. The molecule has 1 saturated heterocycles. The first-order valence-electron chi connectivity index (χ1n) is 10.0. The van der Waals surface area contributed by atoms with Crippen LogP contribution >= 0.6 is 0 Å². The molecule has 1 aromatic carbocycles. The van der Waals surface area contributed by atoms with E-state index < -0.39 is 22.2 Å². The van der Waals surface area contributed by atoms with E-state index in [1.54, 1.807) is 11.0 Å². The summed E-state index contributed by atoms with van der Waals surface area (Å²) < 4.78 is 34.7. The highest BCUT2D eigenvalue weighted by molar-refractivity contribution is 7.89. The first-order valence-corrected chi connectivity index (χ1v) is 11.4. The minimum atomic E-state index is -3.82. The number of amides is 1. The van der Waals surface area contributed by atoms with Crippen molar-refractivity contribution < 1.29 is 17.9 Å². The fourth-order valence-electron chi connectivity index (χ4n) is 4.32. The van der Waals surface area contributed by atoms with Crippen LogP contribution in [0.4, 0.5) is 0 Å². The quantitative estimate of drug-likeness (QED) is 0.769. The van der Waals surface area contributed by atoms with Crippen LogP contribution in [0.25, 0.3) is 0 Å². The monoisotopic (exact) mass is 413 g/mol. The second-order valence-corrected chi connectivity index (χ2v) is 9.80. The molecule has 0 bridgehead atoms. The Labute approximate surface area is 170 Å². The molecule has 2 aromatic rings. The minimum absolute atomic E-state index is 0.0712. The summed E-state index contributed by atoms with van der Waals surface area (Å²) in [5, 5.41) is 0. The van der Waals surface area contributed by atoms with Gasteiger partial charge in [-0.15, -0.1) is 0 Å². The fraction of sp³-hybridized carbons (Fsp3) is 0.429. The van der Waals surface area contributed by atoms with Crippen LogP contribution in [0.1, 0.15) is 24.8 Å². The zero-order valence-electron chi connectivity index (χ0n) is 16.0. The summed E-state index contributed by atoms with van der Waals surface area (Å²) in [6.45, 7) is 0.963. The maximum atomic E-state index is 13.6. The van der Waals surface area contributed by atoms with E-state index in [1.165, 1.54) is 16.6 Å². The maximum Gasteiger partial charge on any atom is 0.249 e. The molecular weight excluding hydrogens is 390 g/mol. The molecule has 3 aliphatic rings. The lowest BCUT2D eigenvalue weighted by Gasteiger charge is -2.30. The SMILES string of the molecule is O=C(C1CCC1)N1C[C@@H]2[C@@H](C1)Oc1ncccc1S(=O)(=O)N2Cc1ccccc1. The summed E-state index contributed by atoms with van der Waals surface area (Å²) >= 11 is 0. The molecule has 0 radical (unpaired) electrons. The molecule has 0 unspecified atom stereocenters. The molecule has 1 amide bonds. The van der Waals surface area contributed by atoms with Gasteiger partial charge in [0.2, 0.25) is 21.8 Å². The highest BCUT2D eigenvalue weighted by Gasteiger charge is 2.49. The summed E-state index contributed by atoms with van der Waals surface area (Å²) in [7, 11) is -3.82. The van der Waals surface area contributed by atoms with Crippen molar-refractivity contribution in [2.75, 3.05) is 13.1 Å². The van der Waals surface area contributed by atoms with Crippen molar-refractivity contribution in [2.24, 2.45) is 5.92 Å². The molecule has 1 aliphatic carbocycles. The normalized spacial score (nSPS) is 26.0. The topological polar surface area (TPSA) is 79.8 Å². The predicted molar refractivity (Wildman–Crippen MR) is 106 cm³/mol. The first-order chi connectivity index (χ1) is 14.0. The maximum absolute atomic E-state index is 13.6. The number of hydrogen-bond acceptors (Lipinski definition) is 5. The largest absolute Gasteiger partial charge is 0.470 e. The van der Waals surface area contributed by atoms with Crippen molar-refractivity contribution in [1.29, 1.82) is 0 Å². The Kier molecular flexibility index (Phi) is 4.55. The van der Waals surface area contributed by atoms with Crippen LogP contribution in [0, 0.1) is 5.92 Å². The number of likely N-dealkylation sites (tertiary alicyclic amines) is 1. The first kappa shape index (κ1) is 18.6. The van der Waals surface area contributed by atoms with Crippen LogP contribution in [0.15, 0.2) is 53.6 Å². The number of nitrogens with zero attached hydrogens (tertiary/aromatic N) is 3. The molecule has 29 heavy (non-hydrogen) atoms. The number of fused-ring (bicyclic) bond motifs is 2. The average molecular weight is 413 g/mol. The van der Waals surface area contributed by atoms with Crippen molar-refractivity contribution >= 4 is 15.9 Å². The van der Waals surface area contributed by atoms with E-state index in [0.717, 1.165) is 24.8 Å². The summed E-state index contributed by atoms with van der Waals surface area (Å²) in [5.74, 6) is 0.309. The van der Waals surface area contributed by atoms with Crippen LogP contribution in [0.5, 0.6) is 5.88 Å². The highest BCUT2D eigenvalue weighted by Crippen LogP contribution is 2.37. The molecule has 2 atom stereocenters. The Hall–Kier alpha value is -2.45. The predicted octanol–water partition coefficient (Wildman–Crippen LogP) is 2.04. The van der Waals surface area contributed by atoms with E-state index in [0.29, 0.717) is 13.1 Å². The standard InChI is InChI=1S/C21H23N3O4S/c25-21(16-8-4-9-16)23-13-17-18(14-23)28-20-19(10-5-11-22-20)29(26,27)24(17)12-15-6-2-1-3-7-15/h1-3,5-7,10-11,16-18H,4,8-9,12-14H2/t17-,18-/m1/s1. The van der Waals surface area contributed by atoms with E-state index in [4.69, 9.17) is 4.74 Å². The third-order valence-corrected chi connectivity index (χ3v) is 8.02. The Morgan fingerprint density at radius 1 is 1.10 bits per heavy atom. The molecule has 3 heterocycles. The van der Waals surface area contributed by atoms with Crippen LogP contribution in [-0.2, 0) is 21.4 Å². The molecular formula is C21H23N3O4S. The molecule has 8 heteroatoms. The van der Waals surface area contributed by atoms with Gasteiger partial charge in [-0.05, 0) is 30.5 Å². The minimum Gasteiger partial charge on any atom is -0.470 e. The van der Waals surface area contributed by atoms with Gasteiger partial charge >= 0.3 is 0 Å². The van der Waals surface area contributed by atoms with Crippen molar-refractivity contribution in [3.8, 4) is 5.88 Å². The molecule has 7 nitrogen and oxygen atoms in total. The molecule has 1 saturated carbocycles. The van der Waals surface area contributed by atoms with Crippen molar-refractivity contribution in [2.45, 2.75) is 42.8 Å². The van der Waals surface area contributed by atoms with E-state index in [1.807, 2.05) is 30.3 Å². The number of carbonyl (C=O) groups excluding carboxylic acids is 1. The molecule has 5 rings (SSSR count). The van der Waals surface area contributed by atoms with Gasteiger partial charge in [0.1, 0.15) is 11.0 Å².